The largest absolute Gasteiger partial charge is 0.355 e. The van der Waals surface area contributed by atoms with Crippen LogP contribution in [-0.4, -0.2) is 44.8 Å². The van der Waals surface area contributed by atoms with Crippen molar-refractivity contribution in [2.45, 2.75) is 11.8 Å². The van der Waals surface area contributed by atoms with Crippen LogP contribution >= 0.6 is 0 Å². The zero-order valence-electron chi connectivity index (χ0n) is 19.7. The minimum atomic E-state index is -0.517. The number of H-pyrrole nitrogens is 2. The molecule has 4 heterocycles. The van der Waals surface area contributed by atoms with Gasteiger partial charge in [-0.3, -0.25) is 9.89 Å². The summed E-state index contributed by atoms with van der Waals surface area (Å²) in [5.41, 5.74) is 8.55. The van der Waals surface area contributed by atoms with Crippen LogP contribution in [0.15, 0.2) is 59.5 Å². The molecule has 0 bridgehead atoms. The number of pyridine rings is 1. The Morgan fingerprint density at radius 2 is 1.95 bits per heavy atom. The first-order valence-electron chi connectivity index (χ1n) is 12.2. The van der Waals surface area contributed by atoms with Gasteiger partial charge in [-0.05, 0) is 48.1 Å². The van der Waals surface area contributed by atoms with Gasteiger partial charge in [0, 0.05) is 42.1 Å². The molecule has 37 heavy (non-hydrogen) atoms. The summed E-state index contributed by atoms with van der Waals surface area (Å²) in [5.74, 6) is 0.584. The van der Waals surface area contributed by atoms with E-state index in [1.165, 1.54) is 18.2 Å². The van der Waals surface area contributed by atoms with Crippen LogP contribution in [-0.2, 0) is 5.41 Å². The summed E-state index contributed by atoms with van der Waals surface area (Å²) >= 11 is 0. The van der Waals surface area contributed by atoms with Crippen LogP contribution in [0.1, 0.15) is 12.0 Å². The van der Waals surface area contributed by atoms with Gasteiger partial charge < -0.3 is 15.6 Å². The fourth-order valence-electron chi connectivity index (χ4n) is 6.39. The summed E-state index contributed by atoms with van der Waals surface area (Å²) in [5, 5.41) is 7.90. The Labute approximate surface area is 209 Å². The van der Waals surface area contributed by atoms with Crippen molar-refractivity contribution in [2.75, 3.05) is 24.5 Å². The Balaban J connectivity index is 1.22. The summed E-state index contributed by atoms with van der Waals surface area (Å²) < 4.78 is 29.0. The molecule has 1 aliphatic heterocycles. The second-order valence-electron chi connectivity index (χ2n) is 9.88. The van der Waals surface area contributed by atoms with Gasteiger partial charge in [-0.25, -0.2) is 18.7 Å². The van der Waals surface area contributed by atoms with Crippen LogP contribution in [0.4, 0.5) is 14.6 Å². The molecule has 10 heteroatoms. The van der Waals surface area contributed by atoms with E-state index in [0.717, 1.165) is 13.0 Å². The van der Waals surface area contributed by atoms with Gasteiger partial charge in [0.05, 0.1) is 11.7 Å². The van der Waals surface area contributed by atoms with Gasteiger partial charge >= 0.3 is 0 Å². The summed E-state index contributed by atoms with van der Waals surface area (Å²) in [4.78, 5) is 25.9. The predicted octanol–water partition coefficient (Wildman–Crippen LogP) is 3.49. The fraction of sp³-hybridized carbons (Fsp3) is 0.259. The van der Waals surface area contributed by atoms with Gasteiger partial charge in [-0.2, -0.15) is 5.10 Å². The Bertz CT molecular complexity index is 1750. The van der Waals surface area contributed by atoms with Gasteiger partial charge in [-0.15, -0.1) is 0 Å². The van der Waals surface area contributed by atoms with Crippen LogP contribution in [0.2, 0.25) is 0 Å². The second-order valence-corrected chi connectivity index (χ2v) is 9.88. The molecule has 2 fully saturated rings. The summed E-state index contributed by atoms with van der Waals surface area (Å²) in [6.07, 6.45) is 2.61. The zero-order chi connectivity index (χ0) is 25.3. The third-order valence-electron chi connectivity index (χ3n) is 8.22. The zero-order valence-corrected chi connectivity index (χ0v) is 19.7. The first-order chi connectivity index (χ1) is 18.0. The Hall–Kier alpha value is -4.18. The van der Waals surface area contributed by atoms with Crippen molar-refractivity contribution in [2.24, 2.45) is 17.6 Å². The highest BCUT2D eigenvalue weighted by atomic mass is 19.1. The van der Waals surface area contributed by atoms with E-state index in [0.29, 0.717) is 58.2 Å². The molecule has 7 rings (SSSR count). The molecule has 3 aromatic heterocycles. The van der Waals surface area contributed by atoms with Crippen LogP contribution < -0.4 is 16.2 Å². The van der Waals surface area contributed by atoms with Gasteiger partial charge in [0.2, 0.25) is 5.56 Å². The maximum absolute atomic E-state index is 14.7. The minimum absolute atomic E-state index is 0.122. The molecule has 0 radical (unpaired) electrons. The summed E-state index contributed by atoms with van der Waals surface area (Å²) in [6.45, 7) is 1.89. The molecule has 0 unspecified atom stereocenters. The molecule has 1 saturated carbocycles. The van der Waals surface area contributed by atoms with E-state index in [1.54, 1.807) is 24.4 Å². The van der Waals surface area contributed by atoms with E-state index in [-0.39, 0.29) is 28.2 Å². The number of halogens is 2. The normalized spacial score (nSPS) is 22.9. The van der Waals surface area contributed by atoms with E-state index >= 15 is 0 Å². The average Bonchev–Trinajstić information content (AvgIpc) is 3.38. The topological polar surface area (TPSA) is 117 Å². The molecule has 5 aromatic rings. The second kappa shape index (κ2) is 7.91. The Morgan fingerprint density at radius 1 is 1.08 bits per heavy atom. The van der Waals surface area contributed by atoms with E-state index < -0.39 is 5.82 Å². The lowest BCUT2D eigenvalue weighted by atomic mass is 9.91. The monoisotopic (exact) mass is 499 g/mol. The molecule has 3 atom stereocenters. The first-order valence-corrected chi connectivity index (χ1v) is 12.2. The molecule has 1 saturated heterocycles. The predicted molar refractivity (Wildman–Crippen MR) is 136 cm³/mol. The summed E-state index contributed by atoms with van der Waals surface area (Å²) in [7, 11) is 0. The van der Waals surface area contributed by atoms with Crippen LogP contribution in [0.3, 0.4) is 0 Å². The van der Waals surface area contributed by atoms with E-state index in [4.69, 9.17) is 10.7 Å². The summed E-state index contributed by atoms with van der Waals surface area (Å²) in [6, 6.07) is 12.8. The van der Waals surface area contributed by atoms with Crippen molar-refractivity contribution < 1.29 is 8.78 Å². The quantitative estimate of drug-likeness (QED) is 0.349. The molecule has 8 nitrogen and oxygen atoms in total. The number of aromatic nitrogens is 5. The highest BCUT2D eigenvalue weighted by molar-refractivity contribution is 6.00. The van der Waals surface area contributed by atoms with E-state index in [2.05, 4.69) is 25.1 Å². The SMILES string of the molecule is NC[C@]1(c2ccccc2F)[C@@H]2CCN(c3cnc4c(-c5ccc(F)c6[nH]c(=O)ccc56)n[nH]c4n3)C[C@@H]21. The molecule has 4 N–H and O–H groups in total. The van der Waals surface area contributed by atoms with Gasteiger partial charge in [0.15, 0.2) is 5.65 Å². The number of benzene rings is 2. The number of aromatic amines is 2. The number of nitrogens with zero attached hydrogens (tertiary/aromatic N) is 4. The first kappa shape index (κ1) is 22.1. The Kier molecular flexibility index (Phi) is 4.71. The fourth-order valence-corrected chi connectivity index (χ4v) is 6.39. The maximum atomic E-state index is 14.7. The molecular weight excluding hydrogens is 476 g/mol. The van der Waals surface area contributed by atoms with Crippen LogP contribution in [0.25, 0.3) is 33.3 Å². The Morgan fingerprint density at radius 3 is 2.78 bits per heavy atom. The third kappa shape index (κ3) is 3.15. The average molecular weight is 500 g/mol. The molecule has 0 spiro atoms. The number of hydrogen-bond acceptors (Lipinski definition) is 6. The molecule has 186 valence electrons. The number of hydrogen-bond donors (Lipinski definition) is 3. The van der Waals surface area contributed by atoms with E-state index in [9.17, 15) is 13.6 Å². The lowest BCUT2D eigenvalue weighted by Crippen LogP contribution is -2.32. The minimum Gasteiger partial charge on any atom is -0.355 e. The van der Waals surface area contributed by atoms with Crippen LogP contribution in [0, 0.1) is 23.5 Å². The van der Waals surface area contributed by atoms with Gasteiger partial charge in [0.25, 0.3) is 0 Å². The maximum Gasteiger partial charge on any atom is 0.248 e. The lowest BCUT2D eigenvalue weighted by Gasteiger charge is -2.26. The van der Waals surface area contributed by atoms with E-state index in [1.807, 2.05) is 12.1 Å². The third-order valence-corrected chi connectivity index (χ3v) is 8.22. The standard InChI is InChI=1S/C27H23F2N7O/c28-19-4-2-1-3-17(19)27(13-30)16-9-10-36(12-18(16)27)21-11-31-25-24(34-35-26(25)32-21)15-5-7-20(29)23-14(15)6-8-22(37)33-23/h1-8,11,16,18H,9-10,12-13,30H2,(H,33,37)(H,32,34,35)/t16-,18+,27-/m1/s1. The smallest absolute Gasteiger partial charge is 0.248 e. The molecule has 2 aromatic carbocycles. The number of piperidine rings is 1. The number of fused-ring (bicyclic) bond motifs is 3. The van der Waals surface area contributed by atoms with Crippen molar-refractivity contribution in [3.63, 3.8) is 0 Å². The lowest BCUT2D eigenvalue weighted by molar-refractivity contribution is 0.533. The van der Waals surface area contributed by atoms with Crippen molar-refractivity contribution in [1.29, 1.82) is 0 Å². The molecule has 2 aliphatic rings. The highest BCUT2D eigenvalue weighted by Gasteiger charge is 2.66. The van der Waals surface area contributed by atoms with Crippen molar-refractivity contribution in [3.05, 3.63) is 82.3 Å². The molecule has 0 amide bonds. The number of nitrogens with one attached hydrogen (secondary N) is 2. The van der Waals surface area contributed by atoms with Crippen molar-refractivity contribution >= 4 is 27.9 Å². The van der Waals surface area contributed by atoms with Gasteiger partial charge in [0.1, 0.15) is 28.7 Å². The van der Waals surface area contributed by atoms with Crippen LogP contribution in [0.5, 0.6) is 0 Å². The van der Waals surface area contributed by atoms with Crippen molar-refractivity contribution in [1.82, 2.24) is 25.1 Å². The van der Waals surface area contributed by atoms with Gasteiger partial charge in [-0.1, -0.05) is 18.2 Å². The van der Waals surface area contributed by atoms with Crippen molar-refractivity contribution in [3.8, 4) is 11.3 Å². The number of anilines is 1. The molecular formula is C27H23F2N7O. The highest BCUT2D eigenvalue weighted by Crippen LogP contribution is 2.63. The number of nitrogens with two attached hydrogens (primary N) is 1. The molecule has 1 aliphatic carbocycles. The number of rotatable bonds is 4.